The van der Waals surface area contributed by atoms with Crippen LogP contribution in [0.25, 0.3) is 29.1 Å². The summed E-state index contributed by atoms with van der Waals surface area (Å²) in [6.45, 7) is 7.96. The molecule has 7 aromatic carbocycles. The minimum absolute atomic E-state index is 0.441. The van der Waals surface area contributed by atoms with Gasteiger partial charge in [0.1, 0.15) is 23.5 Å². The highest BCUT2D eigenvalue weighted by Crippen LogP contribution is 2.38. The number of carbonyl (C=O) groups excluding carboxylic acids is 1. The molecule has 7 rings (SSSR count). The van der Waals surface area contributed by atoms with Crippen molar-refractivity contribution in [3.8, 4) is 23.3 Å². The molecular weight excluding hydrogens is 745 g/mol. The molecule has 8 nitrogen and oxygen atoms in total. The number of rotatable bonds is 14. The molecule has 0 atom stereocenters. The van der Waals surface area contributed by atoms with Crippen LogP contribution in [0.3, 0.4) is 0 Å². The van der Waals surface area contributed by atoms with Gasteiger partial charge in [0.05, 0.1) is 39.5 Å². The van der Waals surface area contributed by atoms with Crippen LogP contribution < -0.4 is 24.0 Å². The number of aldehydes is 1. The van der Waals surface area contributed by atoms with E-state index in [-0.39, 0.29) is 0 Å². The molecule has 0 aliphatic carbocycles. The number of ether oxygens (including phenoxy) is 3. The van der Waals surface area contributed by atoms with Gasteiger partial charge in [0, 0.05) is 39.7 Å². The largest absolute Gasteiger partial charge is 0.497 e. The Morgan fingerprint density at radius 1 is 0.483 bits per heavy atom. The molecule has 0 heterocycles. The smallest absolute Gasteiger partial charge is 0.194 e. The zero-order valence-electron chi connectivity index (χ0n) is 33.3. The fraction of sp³-hybridized carbons (Fsp3) is 0.0577. The molecule has 60 heavy (non-hydrogen) atoms. The molecular formula is C52H40N4O4. The maximum Gasteiger partial charge on any atom is 0.194 e. The number of benzene rings is 7. The van der Waals surface area contributed by atoms with Crippen molar-refractivity contribution in [1.29, 1.82) is 5.26 Å². The third-order valence-corrected chi connectivity index (χ3v) is 9.93. The van der Waals surface area contributed by atoms with Crippen molar-refractivity contribution in [3.05, 3.63) is 203 Å². The van der Waals surface area contributed by atoms with Crippen molar-refractivity contribution in [2.75, 3.05) is 31.1 Å². The van der Waals surface area contributed by atoms with Gasteiger partial charge in [-0.3, -0.25) is 4.79 Å². The first-order valence-corrected chi connectivity index (χ1v) is 19.0. The Morgan fingerprint density at radius 2 is 0.817 bits per heavy atom. The molecule has 0 bridgehead atoms. The molecule has 0 unspecified atom stereocenters. The van der Waals surface area contributed by atoms with Gasteiger partial charge in [0.25, 0.3) is 0 Å². The molecule has 0 aliphatic heterocycles. The van der Waals surface area contributed by atoms with Gasteiger partial charge in [-0.1, -0.05) is 48.6 Å². The molecule has 0 spiro atoms. The van der Waals surface area contributed by atoms with Crippen molar-refractivity contribution in [2.24, 2.45) is 0 Å². The number of carbonyl (C=O) groups is 1. The maximum absolute atomic E-state index is 11.3. The van der Waals surface area contributed by atoms with Gasteiger partial charge in [-0.2, -0.15) is 5.26 Å². The minimum atomic E-state index is 0.441. The van der Waals surface area contributed by atoms with Crippen LogP contribution in [0.2, 0.25) is 0 Å². The Bertz CT molecular complexity index is 2660. The summed E-state index contributed by atoms with van der Waals surface area (Å²) in [6, 6.07) is 53.0. The number of nitriles is 1. The Morgan fingerprint density at radius 3 is 1.13 bits per heavy atom. The summed E-state index contributed by atoms with van der Waals surface area (Å²) in [5.74, 6) is 2.30. The minimum Gasteiger partial charge on any atom is -0.497 e. The van der Waals surface area contributed by atoms with E-state index in [0.29, 0.717) is 27.9 Å². The normalized spacial score (nSPS) is 10.8. The van der Waals surface area contributed by atoms with Crippen LogP contribution in [-0.4, -0.2) is 27.6 Å². The summed E-state index contributed by atoms with van der Waals surface area (Å²) < 4.78 is 16.1. The Labute approximate surface area is 350 Å². The van der Waals surface area contributed by atoms with E-state index in [1.54, 1.807) is 45.6 Å². The monoisotopic (exact) mass is 784 g/mol. The van der Waals surface area contributed by atoms with Gasteiger partial charge in [0.2, 0.25) is 0 Å². The molecule has 8 heteroatoms. The van der Waals surface area contributed by atoms with E-state index >= 15 is 0 Å². The van der Waals surface area contributed by atoms with E-state index in [1.807, 2.05) is 158 Å². The zero-order valence-corrected chi connectivity index (χ0v) is 33.3. The number of nitrogens with zero attached hydrogens (tertiary/aromatic N) is 4. The molecule has 0 aromatic heterocycles. The van der Waals surface area contributed by atoms with E-state index in [0.717, 1.165) is 68.8 Å². The van der Waals surface area contributed by atoms with Crippen molar-refractivity contribution in [3.63, 3.8) is 0 Å². The average molecular weight is 785 g/mol. The fourth-order valence-electron chi connectivity index (χ4n) is 6.72. The first-order chi connectivity index (χ1) is 29.4. The second kappa shape index (κ2) is 18.7. The lowest BCUT2D eigenvalue weighted by Gasteiger charge is -2.26. The highest BCUT2D eigenvalue weighted by molar-refractivity contribution is 5.85. The SMILES string of the molecule is [C-]#[N+]c1cc(/C=C/c2ccc(N(c3ccc(OC)cc3)c3ccc(OC)cc3)cc2)c(C#N)cc1/C=C/c1ccc(N(c2ccc(C=O)cc2)c2ccc(OC)cc2)cc1. The van der Waals surface area contributed by atoms with Gasteiger partial charge >= 0.3 is 0 Å². The third-order valence-electron chi connectivity index (χ3n) is 9.93. The van der Waals surface area contributed by atoms with E-state index in [1.165, 1.54) is 0 Å². The van der Waals surface area contributed by atoms with Gasteiger partial charge in [-0.15, -0.1) is 0 Å². The van der Waals surface area contributed by atoms with Crippen LogP contribution >= 0.6 is 0 Å². The Hall–Kier alpha value is -8.33. The van der Waals surface area contributed by atoms with Crippen LogP contribution in [0.15, 0.2) is 158 Å². The van der Waals surface area contributed by atoms with Crippen molar-refractivity contribution in [2.45, 2.75) is 0 Å². The fourth-order valence-corrected chi connectivity index (χ4v) is 6.72. The Kier molecular flexibility index (Phi) is 12.5. The summed E-state index contributed by atoms with van der Waals surface area (Å²) in [4.78, 5) is 19.4. The standard InChI is InChI=1S/C52H40N4O4/c1-54-52-34-40(13-5-37-7-15-44(16-8-37)56(47-23-29-50(59-3)30-24-47)48-25-31-51(60-4)32-26-48)42(35-53)33-41(52)14-6-38-9-17-43(18-10-38)55(45-19-11-39(36-57)12-20-45)46-21-27-49(58-2)28-22-46/h5-34,36H,2-4H3/b13-5+,14-6+. The van der Waals surface area contributed by atoms with E-state index in [4.69, 9.17) is 20.8 Å². The molecule has 0 saturated carbocycles. The predicted octanol–water partition coefficient (Wildman–Crippen LogP) is 13.2. The van der Waals surface area contributed by atoms with Crippen LogP contribution in [0.4, 0.5) is 39.8 Å². The van der Waals surface area contributed by atoms with Gasteiger partial charge < -0.3 is 24.0 Å². The summed E-state index contributed by atoms with van der Waals surface area (Å²) >= 11 is 0. The van der Waals surface area contributed by atoms with Crippen LogP contribution in [0.1, 0.15) is 38.2 Å². The molecule has 0 saturated heterocycles. The van der Waals surface area contributed by atoms with E-state index in [2.05, 4.69) is 20.7 Å². The molecule has 292 valence electrons. The second-order valence-electron chi connectivity index (χ2n) is 13.5. The molecule has 0 N–H and O–H groups in total. The topological polar surface area (TPSA) is 79.4 Å². The lowest BCUT2D eigenvalue weighted by Crippen LogP contribution is -2.09. The summed E-state index contributed by atoms with van der Waals surface area (Å²) in [5.41, 5.74) is 10.3. The quantitative estimate of drug-likeness (QED) is 0.0617. The summed E-state index contributed by atoms with van der Waals surface area (Å²) in [6.07, 6.45) is 8.45. The van der Waals surface area contributed by atoms with Crippen LogP contribution in [-0.2, 0) is 0 Å². The first kappa shape index (κ1) is 39.9. The zero-order chi connectivity index (χ0) is 41.8. The summed E-state index contributed by atoms with van der Waals surface area (Å²) in [7, 11) is 4.93. The number of hydrogen-bond donors (Lipinski definition) is 0. The highest BCUT2D eigenvalue weighted by atomic mass is 16.5. The van der Waals surface area contributed by atoms with Crippen LogP contribution in [0, 0.1) is 17.9 Å². The molecule has 0 aliphatic rings. The van der Waals surface area contributed by atoms with Crippen molar-refractivity contribution >= 4 is 70.4 Å². The van der Waals surface area contributed by atoms with Crippen molar-refractivity contribution < 1.29 is 19.0 Å². The van der Waals surface area contributed by atoms with Crippen LogP contribution in [0.5, 0.6) is 17.2 Å². The van der Waals surface area contributed by atoms with Gasteiger partial charge in [-0.05, 0) is 156 Å². The number of methoxy groups -OCH3 is 3. The summed E-state index contributed by atoms with van der Waals surface area (Å²) in [5, 5.41) is 10.2. The van der Waals surface area contributed by atoms with Gasteiger partial charge in [-0.25, -0.2) is 4.85 Å². The highest BCUT2D eigenvalue weighted by Gasteiger charge is 2.15. The number of hydrogen-bond acceptors (Lipinski definition) is 7. The lowest BCUT2D eigenvalue weighted by atomic mass is 10.0. The molecule has 0 amide bonds. The van der Waals surface area contributed by atoms with Crippen molar-refractivity contribution in [1.82, 2.24) is 0 Å². The first-order valence-electron chi connectivity index (χ1n) is 19.0. The number of anilines is 6. The predicted molar refractivity (Wildman–Crippen MR) is 243 cm³/mol. The van der Waals surface area contributed by atoms with E-state index < -0.39 is 0 Å². The van der Waals surface area contributed by atoms with E-state index in [9.17, 15) is 10.1 Å². The third kappa shape index (κ3) is 9.11. The molecule has 0 radical (unpaired) electrons. The maximum atomic E-state index is 11.3. The molecule has 7 aromatic rings. The average Bonchev–Trinajstić information content (AvgIpc) is 3.32. The molecule has 0 fully saturated rings. The second-order valence-corrected chi connectivity index (χ2v) is 13.5. The lowest BCUT2D eigenvalue weighted by molar-refractivity contribution is 0.112. The Balaban J connectivity index is 1.11. The van der Waals surface area contributed by atoms with Gasteiger partial charge in [0.15, 0.2) is 5.69 Å².